The second kappa shape index (κ2) is 13.5. The molecule has 29 heavy (non-hydrogen) atoms. The normalized spacial score (nSPS) is 21.0. The molecule has 4 unspecified atom stereocenters. The number of ether oxygens (including phenoxy) is 2. The smallest absolute Gasteiger partial charge is 0.394 e. The summed E-state index contributed by atoms with van der Waals surface area (Å²) < 4.78 is 72.7. The predicted octanol–water partition coefficient (Wildman–Crippen LogP) is -0.303. The van der Waals surface area contributed by atoms with Gasteiger partial charge in [-0.2, -0.15) is 0 Å². The van der Waals surface area contributed by atoms with Crippen LogP contribution in [0.4, 0.5) is 8.78 Å². The number of hydrogen-bond acceptors (Lipinski definition) is 8. The first-order valence-corrected chi connectivity index (χ1v) is 11.2. The minimum Gasteiger partial charge on any atom is -0.394 e. The molecular formula is C12H24B2F2O11P2. The number of aliphatic hydroxyl groups is 1. The lowest BCUT2D eigenvalue weighted by molar-refractivity contribution is -0.0896. The van der Waals surface area contributed by atoms with Crippen molar-refractivity contribution in [3.05, 3.63) is 0 Å². The summed E-state index contributed by atoms with van der Waals surface area (Å²) in [6.45, 7) is -1.95. The van der Waals surface area contributed by atoms with Crippen LogP contribution >= 0.6 is 15.6 Å². The van der Waals surface area contributed by atoms with Crippen molar-refractivity contribution in [2.45, 2.75) is 50.3 Å². The zero-order chi connectivity index (χ0) is 22.8. The molecule has 0 aromatic heterocycles. The molecule has 0 aromatic carbocycles. The maximum atomic E-state index is 13.2. The predicted molar refractivity (Wildman–Crippen MR) is 96.8 cm³/mol. The van der Waals surface area contributed by atoms with Gasteiger partial charge in [-0.1, -0.05) is 0 Å². The standard InChI is InChI=1S/C12H24B2F2O11P2/c1-7(13)24-11(5-17)9(3-15)27-29(21,22)23-6-12(25-8(2)14)10(4-16)26-28(18,19)20/h7-12,17H,3-6H2,1-2H3,(H,21,22)(H2,18,19,20)/t7-,8-,9?,10-,11?,12?/m1/s1. The number of aliphatic hydroxyl groups excluding tert-OH is 1. The molecule has 0 bridgehead atoms. The second-order valence-electron chi connectivity index (χ2n) is 5.79. The van der Waals surface area contributed by atoms with Crippen molar-refractivity contribution in [2.24, 2.45) is 0 Å². The Hall–Kier alpha value is 0.0899. The van der Waals surface area contributed by atoms with Gasteiger partial charge in [0.1, 0.15) is 53.5 Å². The number of phosphoric ester groups is 2. The van der Waals surface area contributed by atoms with Gasteiger partial charge in [-0.15, -0.1) is 0 Å². The minimum atomic E-state index is -5.14. The number of rotatable bonds is 16. The molecule has 4 radical (unpaired) electrons. The Bertz CT molecular complexity index is 554. The van der Waals surface area contributed by atoms with Crippen molar-refractivity contribution in [1.29, 1.82) is 0 Å². The van der Waals surface area contributed by atoms with E-state index in [9.17, 15) is 27.9 Å². The van der Waals surface area contributed by atoms with Crippen molar-refractivity contribution in [1.82, 2.24) is 0 Å². The van der Waals surface area contributed by atoms with E-state index in [1.807, 2.05) is 0 Å². The third-order valence-corrected chi connectivity index (χ3v) is 4.59. The van der Waals surface area contributed by atoms with Gasteiger partial charge in [0.2, 0.25) is 0 Å². The fourth-order valence-electron chi connectivity index (χ4n) is 1.97. The molecule has 168 valence electrons. The summed E-state index contributed by atoms with van der Waals surface area (Å²) in [6.07, 6.45) is -6.71. The molecule has 0 spiro atoms. The molecule has 0 fully saturated rings. The zero-order valence-electron chi connectivity index (χ0n) is 15.7. The van der Waals surface area contributed by atoms with Gasteiger partial charge in [-0.05, 0) is 13.8 Å². The van der Waals surface area contributed by atoms with E-state index in [0.717, 1.165) is 0 Å². The van der Waals surface area contributed by atoms with E-state index in [1.165, 1.54) is 13.8 Å². The first kappa shape index (κ1) is 29.1. The van der Waals surface area contributed by atoms with Gasteiger partial charge < -0.3 is 29.3 Å². The molecule has 11 nitrogen and oxygen atoms in total. The summed E-state index contributed by atoms with van der Waals surface area (Å²) >= 11 is 0. The molecule has 0 saturated heterocycles. The molecule has 0 aliphatic carbocycles. The van der Waals surface area contributed by atoms with Gasteiger partial charge in [0.25, 0.3) is 0 Å². The van der Waals surface area contributed by atoms with Crippen LogP contribution in [0.25, 0.3) is 0 Å². The first-order valence-electron chi connectivity index (χ1n) is 8.19. The average molecular weight is 466 g/mol. The van der Waals surface area contributed by atoms with Crippen LogP contribution < -0.4 is 0 Å². The second-order valence-corrected chi connectivity index (χ2v) is 8.39. The highest BCUT2D eigenvalue weighted by Crippen LogP contribution is 2.46. The zero-order valence-corrected chi connectivity index (χ0v) is 17.5. The van der Waals surface area contributed by atoms with Gasteiger partial charge >= 0.3 is 15.6 Å². The summed E-state index contributed by atoms with van der Waals surface area (Å²) in [5, 5.41) is 9.20. The molecule has 0 aromatic rings. The monoisotopic (exact) mass is 466 g/mol. The lowest BCUT2D eigenvalue weighted by Gasteiger charge is -2.29. The summed E-state index contributed by atoms with van der Waals surface area (Å²) in [7, 11) is 0.548. The molecule has 0 aliphatic heterocycles. The largest absolute Gasteiger partial charge is 0.472 e. The summed E-state index contributed by atoms with van der Waals surface area (Å²) in [4.78, 5) is 27.4. The van der Waals surface area contributed by atoms with Gasteiger partial charge in [0.05, 0.1) is 13.2 Å². The number of alkyl halides is 2. The average Bonchev–Trinajstić information content (AvgIpc) is 2.58. The molecule has 4 N–H and O–H groups in total. The number of hydrogen-bond donors (Lipinski definition) is 4. The molecule has 0 rings (SSSR count). The Morgan fingerprint density at radius 2 is 1.31 bits per heavy atom. The highest BCUT2D eigenvalue weighted by Gasteiger charge is 2.36. The maximum absolute atomic E-state index is 13.2. The highest BCUT2D eigenvalue weighted by molar-refractivity contribution is 7.47. The quantitative estimate of drug-likeness (QED) is 0.175. The van der Waals surface area contributed by atoms with Crippen LogP contribution in [0.5, 0.6) is 0 Å². The van der Waals surface area contributed by atoms with Gasteiger partial charge in [0, 0.05) is 12.0 Å². The van der Waals surface area contributed by atoms with Crippen molar-refractivity contribution in [3.8, 4) is 0 Å². The minimum absolute atomic E-state index is 0.799. The Morgan fingerprint density at radius 3 is 1.69 bits per heavy atom. The van der Waals surface area contributed by atoms with Crippen molar-refractivity contribution < 1.29 is 60.7 Å². The van der Waals surface area contributed by atoms with E-state index >= 15 is 0 Å². The summed E-state index contributed by atoms with van der Waals surface area (Å²) in [5.41, 5.74) is 0. The molecule has 0 saturated carbocycles. The van der Waals surface area contributed by atoms with Crippen LogP contribution in [0, 0.1) is 0 Å². The van der Waals surface area contributed by atoms with Gasteiger partial charge in [-0.25, -0.2) is 17.9 Å². The summed E-state index contributed by atoms with van der Waals surface area (Å²) in [5.74, 6) is 0. The Kier molecular flexibility index (Phi) is 13.5. The Balaban J connectivity index is 5.18. The van der Waals surface area contributed by atoms with E-state index in [-0.39, 0.29) is 0 Å². The van der Waals surface area contributed by atoms with Gasteiger partial charge in [-0.3, -0.25) is 13.6 Å². The fraction of sp³-hybridized carbons (Fsp3) is 1.00. The summed E-state index contributed by atoms with van der Waals surface area (Å²) in [6, 6.07) is -2.06. The molecular weight excluding hydrogens is 442 g/mol. The van der Waals surface area contributed by atoms with E-state index in [0.29, 0.717) is 0 Å². The molecule has 7 atom stereocenters. The molecule has 0 aliphatic rings. The lowest BCUT2D eigenvalue weighted by Crippen LogP contribution is -2.40. The fourth-order valence-corrected chi connectivity index (χ4v) is 3.45. The first-order chi connectivity index (χ1) is 13.2. The topological polar surface area (TPSA) is 161 Å². The van der Waals surface area contributed by atoms with E-state index in [4.69, 9.17) is 35.0 Å². The molecule has 0 amide bonds. The number of phosphoric acid groups is 2. The molecule has 0 heterocycles. The van der Waals surface area contributed by atoms with Crippen LogP contribution in [0.3, 0.4) is 0 Å². The van der Waals surface area contributed by atoms with Crippen LogP contribution in [0.2, 0.25) is 0 Å². The Labute approximate surface area is 169 Å². The van der Waals surface area contributed by atoms with Crippen LogP contribution in [0.15, 0.2) is 0 Å². The van der Waals surface area contributed by atoms with Crippen LogP contribution in [-0.2, 0) is 32.2 Å². The Morgan fingerprint density at radius 1 is 0.862 bits per heavy atom. The van der Waals surface area contributed by atoms with E-state index in [1.54, 1.807) is 0 Å². The number of halogens is 2. The maximum Gasteiger partial charge on any atom is 0.472 e. The van der Waals surface area contributed by atoms with Gasteiger partial charge in [0.15, 0.2) is 0 Å². The highest BCUT2D eigenvalue weighted by atomic mass is 31.2. The van der Waals surface area contributed by atoms with Crippen molar-refractivity contribution >= 4 is 31.3 Å². The molecule has 17 heteroatoms. The van der Waals surface area contributed by atoms with Crippen LogP contribution in [0.1, 0.15) is 13.8 Å². The van der Waals surface area contributed by atoms with E-state index < -0.39 is 78.6 Å². The lowest BCUT2D eigenvalue weighted by atomic mass is 10.0. The van der Waals surface area contributed by atoms with Crippen LogP contribution in [-0.4, -0.2) is 98.5 Å². The third kappa shape index (κ3) is 13.2. The van der Waals surface area contributed by atoms with E-state index in [2.05, 4.69) is 13.6 Å². The van der Waals surface area contributed by atoms with Crippen molar-refractivity contribution in [3.63, 3.8) is 0 Å². The third-order valence-electron chi connectivity index (χ3n) is 3.04. The van der Waals surface area contributed by atoms with Crippen molar-refractivity contribution in [2.75, 3.05) is 26.6 Å². The SMILES string of the molecule is [B][C@@H](C)OC(CO)C(CF)OP(=O)(O)OCC(O[C@@H]([B])C)[C@@H](CF)OP(=O)(O)O.